The van der Waals surface area contributed by atoms with Crippen LogP contribution < -0.4 is 4.74 Å². The predicted octanol–water partition coefficient (Wildman–Crippen LogP) is 3.22. The molecule has 0 saturated heterocycles. The summed E-state index contributed by atoms with van der Waals surface area (Å²) in [5.41, 5.74) is 0.183. The van der Waals surface area contributed by atoms with Gasteiger partial charge in [0.25, 0.3) is 0 Å². The molecule has 0 bridgehead atoms. The summed E-state index contributed by atoms with van der Waals surface area (Å²) in [4.78, 5) is 15.1. The third kappa shape index (κ3) is 3.16. The first-order chi connectivity index (χ1) is 8.99. The fraction of sp³-hybridized carbons (Fsp3) is 0.167. The summed E-state index contributed by atoms with van der Waals surface area (Å²) in [7, 11) is 1.88. The first-order valence-electron chi connectivity index (χ1n) is 5.30. The average Bonchev–Trinajstić information content (AvgIpc) is 2.73. The molecule has 0 unspecified atom stereocenters. The number of aryl methyl sites for hydroxylation is 1. The largest absolute Gasteiger partial charge is 0.483 e. The molecule has 100 valence electrons. The van der Waals surface area contributed by atoms with Crippen molar-refractivity contribution in [3.8, 4) is 5.75 Å². The zero-order chi connectivity index (χ0) is 14.0. The van der Waals surface area contributed by atoms with Crippen molar-refractivity contribution in [3.63, 3.8) is 0 Å². The van der Waals surface area contributed by atoms with Crippen LogP contribution in [0.1, 0.15) is 16.2 Å². The van der Waals surface area contributed by atoms with Crippen LogP contribution in [-0.4, -0.2) is 20.6 Å². The fourth-order valence-corrected chi connectivity index (χ4v) is 2.91. The molecule has 19 heavy (non-hydrogen) atoms. The minimum atomic E-state index is -0.989. The lowest BCUT2D eigenvalue weighted by molar-refractivity contribution is 0.0696. The van der Waals surface area contributed by atoms with Crippen molar-refractivity contribution in [2.24, 2.45) is 7.05 Å². The van der Waals surface area contributed by atoms with Crippen LogP contribution in [0.4, 0.5) is 0 Å². The van der Waals surface area contributed by atoms with Crippen molar-refractivity contribution in [1.82, 2.24) is 9.55 Å². The maximum absolute atomic E-state index is 10.9. The second-order valence-electron chi connectivity index (χ2n) is 3.82. The van der Waals surface area contributed by atoms with Gasteiger partial charge in [0.2, 0.25) is 0 Å². The molecule has 0 fully saturated rings. The van der Waals surface area contributed by atoms with Crippen LogP contribution in [0.5, 0.6) is 5.75 Å². The number of nitrogens with zero attached hydrogens (tertiary/aromatic N) is 2. The van der Waals surface area contributed by atoms with Gasteiger partial charge in [-0.05, 0) is 44.0 Å². The van der Waals surface area contributed by atoms with Gasteiger partial charge in [0, 0.05) is 19.4 Å². The highest BCUT2D eigenvalue weighted by atomic mass is 79.9. The van der Waals surface area contributed by atoms with Crippen molar-refractivity contribution >= 4 is 37.8 Å². The van der Waals surface area contributed by atoms with E-state index in [0.717, 1.165) is 5.82 Å². The molecule has 2 rings (SSSR count). The molecule has 0 radical (unpaired) electrons. The summed E-state index contributed by atoms with van der Waals surface area (Å²) in [6.07, 6.45) is 3.52. The van der Waals surface area contributed by atoms with Crippen LogP contribution in [0.15, 0.2) is 33.5 Å². The van der Waals surface area contributed by atoms with Gasteiger partial charge in [-0.25, -0.2) is 9.78 Å². The van der Waals surface area contributed by atoms with Gasteiger partial charge in [-0.15, -0.1) is 0 Å². The number of halogens is 2. The van der Waals surface area contributed by atoms with Crippen LogP contribution in [0.2, 0.25) is 0 Å². The lowest BCUT2D eigenvalue weighted by Crippen LogP contribution is -2.04. The van der Waals surface area contributed by atoms with E-state index >= 15 is 0 Å². The monoisotopic (exact) mass is 388 g/mol. The first kappa shape index (κ1) is 14.1. The number of aromatic nitrogens is 2. The first-order valence-corrected chi connectivity index (χ1v) is 6.89. The van der Waals surface area contributed by atoms with E-state index in [0.29, 0.717) is 21.3 Å². The van der Waals surface area contributed by atoms with E-state index in [-0.39, 0.29) is 5.56 Å². The molecule has 0 saturated carbocycles. The highest BCUT2D eigenvalue weighted by molar-refractivity contribution is 9.11. The second-order valence-corrected chi connectivity index (χ2v) is 5.53. The smallest absolute Gasteiger partial charge is 0.335 e. The van der Waals surface area contributed by atoms with Crippen molar-refractivity contribution in [2.75, 3.05) is 0 Å². The Kier molecular flexibility index (Phi) is 4.26. The van der Waals surface area contributed by atoms with Crippen LogP contribution in [0.25, 0.3) is 0 Å². The average molecular weight is 390 g/mol. The molecule has 0 spiro atoms. The summed E-state index contributed by atoms with van der Waals surface area (Å²) >= 11 is 6.61. The standard InChI is InChI=1S/C12H10Br2N2O3/c1-16-3-2-15-10(16)6-19-11-8(13)4-7(12(17)18)5-9(11)14/h2-5H,6H2,1H3,(H,17,18). The zero-order valence-corrected chi connectivity index (χ0v) is 13.1. The summed E-state index contributed by atoms with van der Waals surface area (Å²) in [6, 6.07) is 3.00. The Hall–Kier alpha value is -1.34. The molecule has 2 aromatic rings. The van der Waals surface area contributed by atoms with Gasteiger partial charge in [-0.2, -0.15) is 0 Å². The SMILES string of the molecule is Cn1ccnc1COc1c(Br)cc(C(=O)O)cc1Br. The maximum atomic E-state index is 10.9. The van der Waals surface area contributed by atoms with Crippen LogP contribution in [0, 0.1) is 0 Å². The Labute approximate surface area is 126 Å². The highest BCUT2D eigenvalue weighted by Crippen LogP contribution is 2.35. The predicted molar refractivity (Wildman–Crippen MR) is 76.3 cm³/mol. The number of hydrogen-bond donors (Lipinski definition) is 1. The molecular weight excluding hydrogens is 380 g/mol. The normalized spacial score (nSPS) is 10.5. The summed E-state index contributed by atoms with van der Waals surface area (Å²) in [6.45, 7) is 0.299. The number of carboxylic acids is 1. The number of carbonyl (C=O) groups is 1. The number of hydrogen-bond acceptors (Lipinski definition) is 3. The minimum absolute atomic E-state index is 0.183. The van der Waals surface area contributed by atoms with Gasteiger partial charge in [0.1, 0.15) is 18.2 Å². The van der Waals surface area contributed by atoms with Gasteiger partial charge in [0.15, 0.2) is 0 Å². The molecule has 0 aliphatic carbocycles. The molecule has 0 aliphatic rings. The summed E-state index contributed by atoms with van der Waals surface area (Å²) < 4.78 is 8.67. The van der Waals surface area contributed by atoms with Gasteiger partial charge in [0.05, 0.1) is 14.5 Å². The summed E-state index contributed by atoms with van der Waals surface area (Å²) in [5, 5.41) is 8.95. The Balaban J connectivity index is 2.21. The van der Waals surface area contributed by atoms with E-state index in [9.17, 15) is 4.79 Å². The van der Waals surface area contributed by atoms with Crippen molar-refractivity contribution < 1.29 is 14.6 Å². The molecular formula is C12H10Br2N2O3. The van der Waals surface area contributed by atoms with Gasteiger partial charge < -0.3 is 14.4 Å². The number of carboxylic acid groups (broad SMARTS) is 1. The van der Waals surface area contributed by atoms with Crippen LogP contribution >= 0.6 is 31.9 Å². The molecule has 0 aliphatic heterocycles. The Bertz CT molecular complexity index is 602. The number of benzene rings is 1. The number of ether oxygens (including phenoxy) is 1. The van der Waals surface area contributed by atoms with E-state index in [1.807, 2.05) is 17.8 Å². The quantitative estimate of drug-likeness (QED) is 0.871. The molecule has 1 N–H and O–H groups in total. The third-order valence-electron chi connectivity index (χ3n) is 2.51. The van der Waals surface area contributed by atoms with Crippen LogP contribution in [0.3, 0.4) is 0 Å². The topological polar surface area (TPSA) is 64.4 Å². The molecule has 1 aromatic heterocycles. The molecule has 1 aromatic carbocycles. The molecule has 0 atom stereocenters. The fourth-order valence-electron chi connectivity index (χ4n) is 1.49. The van der Waals surface area contributed by atoms with E-state index in [1.165, 1.54) is 12.1 Å². The third-order valence-corrected chi connectivity index (χ3v) is 3.69. The van der Waals surface area contributed by atoms with Crippen molar-refractivity contribution in [3.05, 3.63) is 44.9 Å². The van der Waals surface area contributed by atoms with E-state index in [2.05, 4.69) is 36.8 Å². The zero-order valence-electron chi connectivity index (χ0n) is 9.93. The maximum Gasteiger partial charge on any atom is 0.335 e. The molecule has 1 heterocycles. The highest BCUT2D eigenvalue weighted by Gasteiger charge is 2.13. The number of aromatic carboxylic acids is 1. The lowest BCUT2D eigenvalue weighted by atomic mass is 10.2. The van der Waals surface area contributed by atoms with Gasteiger partial charge >= 0.3 is 5.97 Å². The number of imidazole rings is 1. The van der Waals surface area contributed by atoms with Crippen molar-refractivity contribution in [1.29, 1.82) is 0 Å². The second kappa shape index (κ2) is 5.75. The Morgan fingerprint density at radius 2 is 2.05 bits per heavy atom. The van der Waals surface area contributed by atoms with Crippen LogP contribution in [-0.2, 0) is 13.7 Å². The molecule has 5 nitrogen and oxygen atoms in total. The Morgan fingerprint density at radius 3 is 2.53 bits per heavy atom. The van der Waals surface area contributed by atoms with Gasteiger partial charge in [-0.3, -0.25) is 0 Å². The molecule has 0 amide bonds. The molecule has 7 heteroatoms. The number of rotatable bonds is 4. The van der Waals surface area contributed by atoms with E-state index < -0.39 is 5.97 Å². The Morgan fingerprint density at radius 1 is 1.42 bits per heavy atom. The lowest BCUT2D eigenvalue weighted by Gasteiger charge is -2.11. The van der Waals surface area contributed by atoms with E-state index in [4.69, 9.17) is 9.84 Å². The van der Waals surface area contributed by atoms with Gasteiger partial charge in [-0.1, -0.05) is 0 Å². The van der Waals surface area contributed by atoms with E-state index in [1.54, 1.807) is 6.20 Å². The minimum Gasteiger partial charge on any atom is -0.483 e. The summed E-state index contributed by atoms with van der Waals surface area (Å²) in [5.74, 6) is 0.339. The van der Waals surface area contributed by atoms with Crippen molar-refractivity contribution in [2.45, 2.75) is 6.61 Å².